The molecule has 1 atom stereocenters. The lowest BCUT2D eigenvalue weighted by atomic mass is 10.0. The highest BCUT2D eigenvalue weighted by Gasteiger charge is 2.19. The molecule has 1 unspecified atom stereocenters. The topological polar surface area (TPSA) is 46.3 Å². The summed E-state index contributed by atoms with van der Waals surface area (Å²) in [6.45, 7) is 9.42. The maximum Gasteiger partial charge on any atom is 0.225 e. The van der Waals surface area contributed by atoms with Crippen molar-refractivity contribution in [3.8, 4) is 0 Å². The lowest BCUT2D eigenvalue weighted by molar-refractivity contribution is -0.135. The van der Waals surface area contributed by atoms with E-state index in [0.717, 1.165) is 38.9 Å². The molecule has 0 aromatic heterocycles. The van der Waals surface area contributed by atoms with E-state index >= 15 is 0 Å². The molecule has 0 heterocycles. The quantitative estimate of drug-likeness (QED) is 0.0674. The highest BCUT2D eigenvalue weighted by molar-refractivity contribution is 5.78. The van der Waals surface area contributed by atoms with Crippen molar-refractivity contribution in [1.29, 1.82) is 0 Å². The Morgan fingerprint density at radius 3 is 0.935 bits per heavy atom. The average molecular weight is 649 g/mol. The van der Waals surface area contributed by atoms with Gasteiger partial charge in [0.05, 0.1) is 0 Å². The van der Waals surface area contributed by atoms with Crippen LogP contribution in [0.2, 0.25) is 0 Å². The first-order chi connectivity index (χ1) is 22.7. The maximum absolute atomic E-state index is 13.3. The number of carbonyl (C=O) groups excluding carboxylic acids is 1. The summed E-state index contributed by atoms with van der Waals surface area (Å²) in [4.78, 5) is 15.6. The van der Waals surface area contributed by atoms with Crippen LogP contribution < -0.4 is 5.73 Å². The number of hydrogen-bond donors (Lipinski definition) is 1. The molecule has 3 nitrogen and oxygen atoms in total. The second-order valence-electron chi connectivity index (χ2n) is 15.1. The van der Waals surface area contributed by atoms with E-state index in [4.69, 9.17) is 5.73 Å². The summed E-state index contributed by atoms with van der Waals surface area (Å²) in [6.07, 6.45) is 47.8. The van der Waals surface area contributed by atoms with Crippen molar-refractivity contribution >= 4 is 5.91 Å². The Balaban J connectivity index is 3.92. The number of unbranched alkanes of at least 4 members (excludes halogenated alkanes) is 31. The predicted molar refractivity (Wildman–Crippen MR) is 208 cm³/mol. The van der Waals surface area contributed by atoms with Gasteiger partial charge < -0.3 is 10.6 Å². The molecule has 276 valence electrons. The minimum Gasteiger partial charge on any atom is -0.342 e. The fraction of sp³-hybridized carbons (Fsp3) is 0.977. The maximum atomic E-state index is 13.3. The van der Waals surface area contributed by atoms with Crippen LogP contribution in [0.5, 0.6) is 0 Å². The van der Waals surface area contributed by atoms with E-state index in [1.165, 1.54) is 205 Å². The van der Waals surface area contributed by atoms with Gasteiger partial charge in [-0.25, -0.2) is 0 Å². The minimum absolute atomic E-state index is 0.147. The molecule has 46 heavy (non-hydrogen) atoms. The van der Waals surface area contributed by atoms with Crippen molar-refractivity contribution in [2.45, 2.75) is 245 Å². The smallest absolute Gasteiger partial charge is 0.225 e. The molecule has 3 heteroatoms. The summed E-state index contributed by atoms with van der Waals surface area (Å²) in [6, 6.07) is 0. The van der Waals surface area contributed by atoms with Gasteiger partial charge in [-0.1, -0.05) is 220 Å². The Labute approximate surface area is 291 Å². The summed E-state index contributed by atoms with van der Waals surface area (Å²) in [5.41, 5.74) is 5.70. The van der Waals surface area contributed by atoms with Crippen LogP contribution in [-0.4, -0.2) is 30.4 Å². The van der Waals surface area contributed by atoms with E-state index in [2.05, 4.69) is 25.7 Å². The molecule has 0 saturated heterocycles. The summed E-state index contributed by atoms with van der Waals surface area (Å²) in [5.74, 6) is 0.549. The zero-order chi connectivity index (χ0) is 33.6. The molecule has 0 spiro atoms. The molecule has 0 fully saturated rings. The Hall–Kier alpha value is -0.570. The third-order valence-corrected chi connectivity index (χ3v) is 10.4. The first kappa shape index (κ1) is 45.4. The molecule has 0 bridgehead atoms. The number of rotatable bonds is 39. The van der Waals surface area contributed by atoms with Crippen LogP contribution in [0.4, 0.5) is 0 Å². The number of carbonyl (C=O) groups is 1. The largest absolute Gasteiger partial charge is 0.342 e. The summed E-state index contributed by atoms with van der Waals surface area (Å²) in [5, 5.41) is 0. The fourth-order valence-corrected chi connectivity index (χ4v) is 7.06. The number of hydrogen-bond acceptors (Lipinski definition) is 2. The van der Waals surface area contributed by atoms with Gasteiger partial charge in [-0.2, -0.15) is 0 Å². The van der Waals surface area contributed by atoms with Crippen molar-refractivity contribution in [1.82, 2.24) is 4.90 Å². The van der Waals surface area contributed by atoms with Crippen molar-refractivity contribution in [3.63, 3.8) is 0 Å². The van der Waals surface area contributed by atoms with Crippen LogP contribution in [0.25, 0.3) is 0 Å². The van der Waals surface area contributed by atoms with Crippen molar-refractivity contribution in [2.24, 2.45) is 11.7 Å². The number of amides is 1. The summed E-state index contributed by atoms with van der Waals surface area (Å²) < 4.78 is 0. The van der Waals surface area contributed by atoms with Gasteiger partial charge in [0.1, 0.15) is 0 Å². The van der Waals surface area contributed by atoms with Crippen LogP contribution in [-0.2, 0) is 4.79 Å². The molecule has 0 saturated carbocycles. The molecule has 0 rings (SSSR count). The zero-order valence-electron chi connectivity index (χ0n) is 32.4. The highest BCUT2D eigenvalue weighted by atomic mass is 16.2. The molecule has 0 aliphatic heterocycles. The third-order valence-electron chi connectivity index (χ3n) is 10.4. The highest BCUT2D eigenvalue weighted by Crippen LogP contribution is 2.17. The van der Waals surface area contributed by atoms with Gasteiger partial charge in [0, 0.05) is 19.0 Å². The normalized spacial score (nSPS) is 12.2. The lowest BCUT2D eigenvalue weighted by Gasteiger charge is -2.26. The first-order valence-corrected chi connectivity index (χ1v) is 21.7. The van der Waals surface area contributed by atoms with Gasteiger partial charge in [-0.15, -0.1) is 0 Å². The van der Waals surface area contributed by atoms with E-state index in [9.17, 15) is 4.79 Å². The van der Waals surface area contributed by atoms with E-state index in [1.807, 2.05) is 0 Å². The second kappa shape index (κ2) is 38.9. The van der Waals surface area contributed by atoms with Gasteiger partial charge in [0.25, 0.3) is 0 Å². The van der Waals surface area contributed by atoms with E-state index in [-0.39, 0.29) is 5.92 Å². The van der Waals surface area contributed by atoms with Gasteiger partial charge >= 0.3 is 0 Å². The second-order valence-corrected chi connectivity index (χ2v) is 15.1. The van der Waals surface area contributed by atoms with Crippen molar-refractivity contribution in [2.75, 3.05) is 19.6 Å². The molecule has 1 amide bonds. The van der Waals surface area contributed by atoms with Crippen LogP contribution in [0.15, 0.2) is 0 Å². The zero-order valence-corrected chi connectivity index (χ0v) is 32.4. The van der Waals surface area contributed by atoms with E-state index in [0.29, 0.717) is 5.91 Å². The molecule has 0 aliphatic carbocycles. The summed E-state index contributed by atoms with van der Waals surface area (Å²) >= 11 is 0. The lowest BCUT2D eigenvalue weighted by Crippen LogP contribution is -2.36. The fourth-order valence-electron chi connectivity index (χ4n) is 7.06. The summed E-state index contributed by atoms with van der Waals surface area (Å²) in [7, 11) is 0. The van der Waals surface area contributed by atoms with E-state index < -0.39 is 0 Å². The number of nitrogens with zero attached hydrogens (tertiary/aromatic N) is 1. The number of nitrogens with two attached hydrogens (primary N) is 1. The Kier molecular flexibility index (Phi) is 38.4. The Bertz CT molecular complexity index is 543. The first-order valence-electron chi connectivity index (χ1n) is 21.7. The van der Waals surface area contributed by atoms with Gasteiger partial charge in [-0.3, -0.25) is 4.79 Å². The Morgan fingerprint density at radius 2 is 0.674 bits per heavy atom. The molecule has 0 radical (unpaired) electrons. The van der Waals surface area contributed by atoms with Crippen LogP contribution in [0.3, 0.4) is 0 Å². The average Bonchev–Trinajstić information content (AvgIpc) is 3.06. The molecule has 0 aliphatic rings. The predicted octanol–water partition coefficient (Wildman–Crippen LogP) is 14.1. The molecule has 0 aromatic rings. The standard InChI is InChI=1S/C43H88N2O/c1-4-6-8-10-12-14-16-18-20-22-24-26-28-30-32-36-40-45(43(46)42(3)38-34-35-39-44)41-37-33-31-29-27-25-23-21-19-17-15-13-11-9-7-5-2/h42H,4-41,44H2,1-3H3. The third kappa shape index (κ3) is 33.3. The molecule has 0 aromatic carbocycles. The van der Waals surface area contributed by atoms with Crippen molar-refractivity contribution in [3.05, 3.63) is 0 Å². The Morgan fingerprint density at radius 1 is 0.413 bits per heavy atom. The monoisotopic (exact) mass is 649 g/mol. The molecule has 2 N–H and O–H groups in total. The minimum atomic E-state index is 0.147. The molecular formula is C43H88N2O. The van der Waals surface area contributed by atoms with Gasteiger partial charge in [0.15, 0.2) is 0 Å². The SMILES string of the molecule is CCCCCCCCCCCCCCCCCCN(CCCCCCCCCCCCCCCCCC)C(=O)C(C)CCCCN. The van der Waals surface area contributed by atoms with Gasteiger partial charge in [-0.05, 0) is 32.2 Å². The van der Waals surface area contributed by atoms with E-state index in [1.54, 1.807) is 0 Å². The van der Waals surface area contributed by atoms with Crippen LogP contribution in [0.1, 0.15) is 245 Å². The van der Waals surface area contributed by atoms with Crippen LogP contribution >= 0.6 is 0 Å². The molecular weight excluding hydrogens is 560 g/mol. The van der Waals surface area contributed by atoms with Crippen LogP contribution in [0, 0.1) is 5.92 Å². The van der Waals surface area contributed by atoms with Crippen molar-refractivity contribution < 1.29 is 4.79 Å². The van der Waals surface area contributed by atoms with Gasteiger partial charge in [0.2, 0.25) is 5.91 Å².